The molecular weight excluding hydrogens is 202 g/mol. The lowest BCUT2D eigenvalue weighted by Gasteiger charge is -2.24. The van der Waals surface area contributed by atoms with Gasteiger partial charge >= 0.3 is 0 Å². The molecule has 88 valence electrons. The second-order valence-corrected chi connectivity index (χ2v) is 4.33. The summed E-state index contributed by atoms with van der Waals surface area (Å²) in [7, 11) is 1.98. The molecule has 0 aromatic carbocycles. The van der Waals surface area contributed by atoms with E-state index in [9.17, 15) is 0 Å². The van der Waals surface area contributed by atoms with Gasteiger partial charge in [0.05, 0.1) is 11.4 Å². The molecule has 1 N–H and O–H groups in total. The fourth-order valence-electron chi connectivity index (χ4n) is 2.11. The summed E-state index contributed by atoms with van der Waals surface area (Å²) in [6.45, 7) is 5.94. The summed E-state index contributed by atoms with van der Waals surface area (Å²) in [4.78, 5) is 6.77. The third kappa shape index (κ3) is 2.14. The molecule has 16 heavy (non-hydrogen) atoms. The van der Waals surface area contributed by atoms with Crippen molar-refractivity contribution in [1.29, 1.82) is 0 Å². The van der Waals surface area contributed by atoms with Gasteiger partial charge in [-0.05, 0) is 33.7 Å². The number of anilines is 1. The maximum atomic E-state index is 4.51. The van der Waals surface area contributed by atoms with Gasteiger partial charge < -0.3 is 10.2 Å². The van der Waals surface area contributed by atoms with Crippen LogP contribution >= 0.6 is 0 Å². The van der Waals surface area contributed by atoms with Gasteiger partial charge in [0.1, 0.15) is 0 Å². The summed E-state index contributed by atoms with van der Waals surface area (Å²) in [6, 6.07) is 0.508. The highest BCUT2D eigenvalue weighted by atomic mass is 15.3. The second-order valence-electron chi connectivity index (χ2n) is 4.33. The largest absolute Gasteiger partial charge is 0.335 e. The van der Waals surface area contributed by atoms with Gasteiger partial charge in [0.2, 0.25) is 5.95 Å². The Bertz CT molecular complexity index is 365. The molecule has 1 fully saturated rings. The molecule has 1 aromatic rings. The normalized spacial score (nSPS) is 20.4. The average molecular weight is 221 g/mol. The number of aromatic nitrogens is 3. The summed E-state index contributed by atoms with van der Waals surface area (Å²) >= 11 is 0. The van der Waals surface area contributed by atoms with Crippen LogP contribution in [0.15, 0.2) is 0 Å². The van der Waals surface area contributed by atoms with Gasteiger partial charge in [-0.25, -0.2) is 4.98 Å². The van der Waals surface area contributed by atoms with Gasteiger partial charge in [-0.1, -0.05) is 0 Å². The highest BCUT2D eigenvalue weighted by Gasteiger charge is 2.26. The number of nitrogens with zero attached hydrogens (tertiary/aromatic N) is 4. The van der Waals surface area contributed by atoms with Gasteiger partial charge in [0.25, 0.3) is 0 Å². The summed E-state index contributed by atoms with van der Waals surface area (Å²) in [5.41, 5.74) is 1.88. The van der Waals surface area contributed by atoms with E-state index >= 15 is 0 Å². The highest BCUT2D eigenvalue weighted by molar-refractivity contribution is 5.33. The van der Waals surface area contributed by atoms with Crippen LogP contribution in [0.2, 0.25) is 0 Å². The first-order chi connectivity index (χ1) is 7.72. The summed E-state index contributed by atoms with van der Waals surface area (Å²) in [6.07, 6.45) is 2.42. The van der Waals surface area contributed by atoms with Crippen LogP contribution in [0, 0.1) is 13.8 Å². The van der Waals surface area contributed by atoms with Crippen LogP contribution in [0.4, 0.5) is 5.95 Å². The third-order valence-electron chi connectivity index (χ3n) is 3.15. The standard InChI is InChI=1S/C11H19N5/c1-8-9(2)14-15-11(13-8)16-6-4-5-10(16)7-12-3/h10,12H,4-7H2,1-3H3. The van der Waals surface area contributed by atoms with Crippen molar-refractivity contribution in [3.05, 3.63) is 11.4 Å². The van der Waals surface area contributed by atoms with Crippen LogP contribution < -0.4 is 10.2 Å². The van der Waals surface area contributed by atoms with Crippen LogP contribution in [-0.4, -0.2) is 41.4 Å². The second kappa shape index (κ2) is 4.74. The molecular formula is C11H19N5. The molecule has 5 nitrogen and oxygen atoms in total. The van der Waals surface area contributed by atoms with Crippen LogP contribution in [0.5, 0.6) is 0 Å². The van der Waals surface area contributed by atoms with E-state index in [0.717, 1.165) is 30.4 Å². The van der Waals surface area contributed by atoms with E-state index in [0.29, 0.717) is 6.04 Å². The lowest BCUT2D eigenvalue weighted by molar-refractivity contribution is 0.602. The molecule has 0 amide bonds. The quantitative estimate of drug-likeness (QED) is 0.813. The Balaban J connectivity index is 2.19. The SMILES string of the molecule is CNCC1CCCN1c1nnc(C)c(C)n1. The highest BCUT2D eigenvalue weighted by Crippen LogP contribution is 2.21. The number of likely N-dealkylation sites (N-methyl/N-ethyl adjacent to an activating group) is 1. The van der Waals surface area contributed by atoms with Crippen LogP contribution in [-0.2, 0) is 0 Å². The van der Waals surface area contributed by atoms with Crippen LogP contribution in [0.3, 0.4) is 0 Å². The van der Waals surface area contributed by atoms with Gasteiger partial charge in [-0.2, -0.15) is 5.10 Å². The maximum absolute atomic E-state index is 4.51. The van der Waals surface area contributed by atoms with E-state index in [2.05, 4.69) is 25.4 Å². The molecule has 1 aliphatic heterocycles. The molecule has 2 heterocycles. The van der Waals surface area contributed by atoms with Gasteiger partial charge in [0, 0.05) is 19.1 Å². The van der Waals surface area contributed by atoms with Crippen molar-refractivity contribution in [1.82, 2.24) is 20.5 Å². The number of aryl methyl sites for hydroxylation is 2. The predicted molar refractivity (Wildman–Crippen MR) is 63.6 cm³/mol. The Morgan fingerprint density at radius 1 is 1.31 bits per heavy atom. The molecule has 5 heteroatoms. The molecule has 0 saturated carbocycles. The molecule has 0 radical (unpaired) electrons. The minimum atomic E-state index is 0.508. The lowest BCUT2D eigenvalue weighted by atomic mass is 10.2. The fraction of sp³-hybridized carbons (Fsp3) is 0.727. The van der Waals surface area contributed by atoms with E-state index in [4.69, 9.17) is 0 Å². The van der Waals surface area contributed by atoms with Crippen molar-refractivity contribution in [2.45, 2.75) is 32.7 Å². The Hall–Kier alpha value is -1.23. The molecule has 0 bridgehead atoms. The van der Waals surface area contributed by atoms with Gasteiger partial charge in [-0.3, -0.25) is 0 Å². The maximum Gasteiger partial charge on any atom is 0.245 e. The molecule has 1 unspecified atom stereocenters. The van der Waals surface area contributed by atoms with Crippen molar-refractivity contribution < 1.29 is 0 Å². The van der Waals surface area contributed by atoms with Gasteiger partial charge in [0.15, 0.2) is 0 Å². The van der Waals surface area contributed by atoms with Crippen molar-refractivity contribution >= 4 is 5.95 Å². The summed E-state index contributed by atoms with van der Waals surface area (Å²) in [5.74, 6) is 0.779. The van der Waals surface area contributed by atoms with E-state index in [1.807, 2.05) is 20.9 Å². The number of nitrogens with one attached hydrogen (secondary N) is 1. The zero-order valence-electron chi connectivity index (χ0n) is 10.2. The monoisotopic (exact) mass is 221 g/mol. The third-order valence-corrected chi connectivity index (χ3v) is 3.15. The topological polar surface area (TPSA) is 53.9 Å². The summed E-state index contributed by atoms with van der Waals surface area (Å²) in [5, 5.41) is 11.6. The Morgan fingerprint density at radius 2 is 2.12 bits per heavy atom. The van der Waals surface area contributed by atoms with E-state index in [1.54, 1.807) is 0 Å². The van der Waals surface area contributed by atoms with Crippen molar-refractivity contribution in [3.8, 4) is 0 Å². The Labute approximate surface area is 96.3 Å². The van der Waals surface area contributed by atoms with Crippen LogP contribution in [0.25, 0.3) is 0 Å². The minimum absolute atomic E-state index is 0.508. The first-order valence-electron chi connectivity index (χ1n) is 5.81. The van der Waals surface area contributed by atoms with E-state index < -0.39 is 0 Å². The molecule has 2 rings (SSSR count). The average Bonchev–Trinajstić information content (AvgIpc) is 2.71. The van der Waals surface area contributed by atoms with E-state index in [-0.39, 0.29) is 0 Å². The van der Waals surface area contributed by atoms with Crippen molar-refractivity contribution in [3.63, 3.8) is 0 Å². The Kier molecular flexibility index (Phi) is 3.33. The van der Waals surface area contributed by atoms with Crippen molar-refractivity contribution in [2.24, 2.45) is 0 Å². The lowest BCUT2D eigenvalue weighted by Crippen LogP contribution is -2.38. The molecule has 1 saturated heterocycles. The molecule has 1 aromatic heterocycles. The van der Waals surface area contributed by atoms with Gasteiger partial charge in [-0.15, -0.1) is 5.10 Å². The molecule has 0 aliphatic carbocycles. The van der Waals surface area contributed by atoms with Crippen LogP contribution in [0.1, 0.15) is 24.2 Å². The summed E-state index contributed by atoms with van der Waals surface area (Å²) < 4.78 is 0. The number of hydrogen-bond acceptors (Lipinski definition) is 5. The smallest absolute Gasteiger partial charge is 0.245 e. The number of rotatable bonds is 3. The first-order valence-corrected chi connectivity index (χ1v) is 5.81. The minimum Gasteiger partial charge on any atom is -0.335 e. The molecule has 1 aliphatic rings. The zero-order chi connectivity index (χ0) is 11.5. The predicted octanol–water partition coefficient (Wildman–Crippen LogP) is 0.677. The molecule has 1 atom stereocenters. The Morgan fingerprint density at radius 3 is 2.81 bits per heavy atom. The van der Waals surface area contributed by atoms with E-state index in [1.165, 1.54) is 12.8 Å². The zero-order valence-corrected chi connectivity index (χ0v) is 10.2. The number of hydrogen-bond donors (Lipinski definition) is 1. The molecule has 0 spiro atoms. The van der Waals surface area contributed by atoms with Crippen molar-refractivity contribution in [2.75, 3.05) is 25.0 Å². The fourth-order valence-corrected chi connectivity index (χ4v) is 2.11. The first kappa shape index (κ1) is 11.3.